The van der Waals surface area contributed by atoms with Crippen LogP contribution in [-0.2, 0) is 4.79 Å². The van der Waals surface area contributed by atoms with Crippen LogP contribution in [0.25, 0.3) is 0 Å². The Morgan fingerprint density at radius 2 is 2.44 bits per heavy atom. The highest BCUT2D eigenvalue weighted by molar-refractivity contribution is 7.99. The summed E-state index contributed by atoms with van der Waals surface area (Å²) in [4.78, 5) is 9.95. The molecule has 3 N–H and O–H groups in total. The lowest BCUT2D eigenvalue weighted by molar-refractivity contribution is -0.137. The molecule has 0 spiro atoms. The van der Waals surface area contributed by atoms with Crippen molar-refractivity contribution >= 4 is 17.7 Å². The van der Waals surface area contributed by atoms with Crippen LogP contribution >= 0.6 is 11.8 Å². The molecule has 54 valence electrons. The first-order valence-corrected chi connectivity index (χ1v) is 3.95. The molecule has 0 heterocycles. The highest BCUT2D eigenvalue weighted by Gasteiger charge is 2.02. The molecule has 0 rings (SSSR count). The molecule has 0 aliphatic heterocycles. The maximum absolute atomic E-state index is 9.95. The van der Waals surface area contributed by atoms with E-state index in [-0.39, 0.29) is 11.8 Å². The average molecular weight is 149 g/mol. The van der Waals surface area contributed by atoms with Gasteiger partial charge in [0.15, 0.2) is 0 Å². The molecule has 1 atom stereocenters. The Labute approximate surface area is 58.6 Å². The van der Waals surface area contributed by atoms with Gasteiger partial charge in [0.05, 0.1) is 5.37 Å². The molecule has 0 aliphatic carbocycles. The number of rotatable bonds is 4. The van der Waals surface area contributed by atoms with Gasteiger partial charge in [-0.1, -0.05) is 0 Å². The van der Waals surface area contributed by atoms with Crippen LogP contribution in [0.4, 0.5) is 0 Å². The minimum atomic E-state index is -0.778. The number of aliphatic carboxylic acids is 1. The monoisotopic (exact) mass is 149 g/mol. The second kappa shape index (κ2) is 4.64. The molecular weight excluding hydrogens is 138 g/mol. The van der Waals surface area contributed by atoms with Gasteiger partial charge in [0.1, 0.15) is 0 Å². The molecule has 0 bridgehead atoms. The Bertz CT molecular complexity index is 97.0. The average Bonchev–Trinajstić information content (AvgIpc) is 1.83. The van der Waals surface area contributed by atoms with Crippen LogP contribution < -0.4 is 5.73 Å². The summed E-state index contributed by atoms with van der Waals surface area (Å²) in [5.41, 5.74) is 5.42. The standard InChI is InChI=1S/C5H11NO2S/c1-9-4(6)2-3-5(7)8/h4H,2-3,6H2,1H3,(H,7,8)/t4-/m1/s1. The topological polar surface area (TPSA) is 63.3 Å². The molecule has 0 saturated heterocycles. The van der Waals surface area contributed by atoms with Crippen LogP contribution in [0.1, 0.15) is 12.8 Å². The number of hydrogen-bond donors (Lipinski definition) is 2. The zero-order chi connectivity index (χ0) is 7.28. The molecule has 0 aliphatic rings. The van der Waals surface area contributed by atoms with E-state index in [1.54, 1.807) is 0 Å². The summed E-state index contributed by atoms with van der Waals surface area (Å²) in [6, 6.07) is 0. The summed E-state index contributed by atoms with van der Waals surface area (Å²) in [6.45, 7) is 0. The summed E-state index contributed by atoms with van der Waals surface area (Å²) in [7, 11) is 0. The van der Waals surface area contributed by atoms with Crippen molar-refractivity contribution in [3.05, 3.63) is 0 Å². The zero-order valence-corrected chi connectivity index (χ0v) is 6.15. The lowest BCUT2D eigenvalue weighted by atomic mass is 10.3. The van der Waals surface area contributed by atoms with Gasteiger partial charge in [-0.15, -0.1) is 11.8 Å². The van der Waals surface area contributed by atoms with Crippen LogP contribution in [0.3, 0.4) is 0 Å². The van der Waals surface area contributed by atoms with E-state index in [0.717, 1.165) is 0 Å². The Morgan fingerprint density at radius 1 is 1.89 bits per heavy atom. The molecule has 0 aromatic carbocycles. The molecule has 0 saturated carbocycles. The molecule has 4 heteroatoms. The van der Waals surface area contributed by atoms with Crippen molar-refractivity contribution in [1.29, 1.82) is 0 Å². The zero-order valence-electron chi connectivity index (χ0n) is 5.33. The van der Waals surface area contributed by atoms with E-state index in [9.17, 15) is 4.79 Å². The molecule has 0 aromatic rings. The summed E-state index contributed by atoms with van der Waals surface area (Å²) in [5.74, 6) is -0.778. The summed E-state index contributed by atoms with van der Waals surface area (Å²) >= 11 is 1.48. The van der Waals surface area contributed by atoms with Crippen molar-refractivity contribution in [1.82, 2.24) is 0 Å². The van der Waals surface area contributed by atoms with Gasteiger partial charge in [-0.05, 0) is 12.7 Å². The molecule has 0 amide bonds. The van der Waals surface area contributed by atoms with E-state index >= 15 is 0 Å². The summed E-state index contributed by atoms with van der Waals surface area (Å²) < 4.78 is 0. The van der Waals surface area contributed by atoms with Crippen LogP contribution in [-0.4, -0.2) is 22.7 Å². The molecule has 0 fully saturated rings. The minimum Gasteiger partial charge on any atom is -0.481 e. The van der Waals surface area contributed by atoms with E-state index in [1.165, 1.54) is 11.8 Å². The van der Waals surface area contributed by atoms with E-state index in [0.29, 0.717) is 6.42 Å². The predicted octanol–water partition coefficient (Wildman–Crippen LogP) is 0.499. The predicted molar refractivity (Wildman–Crippen MR) is 38.4 cm³/mol. The second-order valence-electron chi connectivity index (χ2n) is 1.71. The lowest BCUT2D eigenvalue weighted by Gasteiger charge is -2.03. The van der Waals surface area contributed by atoms with Gasteiger partial charge in [0, 0.05) is 6.42 Å². The first-order chi connectivity index (χ1) is 4.16. The fourth-order valence-electron chi connectivity index (χ4n) is 0.384. The lowest BCUT2D eigenvalue weighted by Crippen LogP contribution is -2.15. The van der Waals surface area contributed by atoms with Gasteiger partial charge in [0.25, 0.3) is 0 Å². The smallest absolute Gasteiger partial charge is 0.303 e. The highest BCUT2D eigenvalue weighted by Crippen LogP contribution is 2.05. The van der Waals surface area contributed by atoms with Gasteiger partial charge in [0.2, 0.25) is 0 Å². The van der Waals surface area contributed by atoms with Gasteiger partial charge in [-0.25, -0.2) is 0 Å². The fourth-order valence-corrected chi connectivity index (χ4v) is 0.737. The van der Waals surface area contributed by atoms with Gasteiger partial charge in [-0.2, -0.15) is 0 Å². The highest BCUT2D eigenvalue weighted by atomic mass is 32.2. The minimum absolute atomic E-state index is 0.0268. The fraction of sp³-hybridized carbons (Fsp3) is 0.800. The molecule has 3 nitrogen and oxygen atoms in total. The van der Waals surface area contributed by atoms with Crippen LogP contribution in [0, 0.1) is 0 Å². The van der Waals surface area contributed by atoms with E-state index in [2.05, 4.69) is 0 Å². The Balaban J connectivity index is 3.16. The van der Waals surface area contributed by atoms with Crippen molar-refractivity contribution in [3.63, 3.8) is 0 Å². The quantitative estimate of drug-likeness (QED) is 0.571. The third-order valence-corrected chi connectivity index (χ3v) is 1.79. The SMILES string of the molecule is CS[C@@H](N)CCC(=O)O. The van der Waals surface area contributed by atoms with E-state index in [4.69, 9.17) is 10.8 Å². The van der Waals surface area contributed by atoms with Gasteiger partial charge in [-0.3, -0.25) is 4.79 Å². The Kier molecular flexibility index (Phi) is 4.53. The third-order valence-electron chi connectivity index (χ3n) is 0.945. The molecule has 0 aromatic heterocycles. The van der Waals surface area contributed by atoms with Crippen molar-refractivity contribution < 1.29 is 9.90 Å². The van der Waals surface area contributed by atoms with Crippen molar-refractivity contribution in [2.24, 2.45) is 5.73 Å². The molecular formula is C5H11NO2S. The van der Waals surface area contributed by atoms with Gasteiger partial charge >= 0.3 is 5.97 Å². The first kappa shape index (κ1) is 8.78. The van der Waals surface area contributed by atoms with Crippen molar-refractivity contribution in [2.75, 3.05) is 6.26 Å². The molecule has 0 radical (unpaired) electrons. The van der Waals surface area contributed by atoms with E-state index < -0.39 is 5.97 Å². The van der Waals surface area contributed by atoms with Crippen LogP contribution in [0.15, 0.2) is 0 Å². The Hall–Kier alpha value is -0.220. The number of carboxylic acid groups (broad SMARTS) is 1. The number of carboxylic acids is 1. The van der Waals surface area contributed by atoms with Crippen LogP contribution in [0.5, 0.6) is 0 Å². The maximum atomic E-state index is 9.95. The summed E-state index contributed by atoms with van der Waals surface area (Å²) in [6.07, 6.45) is 2.59. The number of carbonyl (C=O) groups is 1. The first-order valence-electron chi connectivity index (χ1n) is 2.67. The maximum Gasteiger partial charge on any atom is 0.303 e. The normalized spacial score (nSPS) is 13.1. The third kappa shape index (κ3) is 5.65. The number of nitrogens with two attached hydrogens (primary N) is 1. The number of hydrogen-bond acceptors (Lipinski definition) is 3. The van der Waals surface area contributed by atoms with Gasteiger partial charge < -0.3 is 10.8 Å². The van der Waals surface area contributed by atoms with E-state index in [1.807, 2.05) is 6.26 Å². The second-order valence-corrected chi connectivity index (χ2v) is 2.78. The summed E-state index contributed by atoms with van der Waals surface area (Å²) in [5, 5.41) is 8.17. The Morgan fingerprint density at radius 3 is 2.78 bits per heavy atom. The van der Waals surface area contributed by atoms with Crippen molar-refractivity contribution in [2.45, 2.75) is 18.2 Å². The van der Waals surface area contributed by atoms with Crippen LogP contribution in [0.2, 0.25) is 0 Å². The largest absolute Gasteiger partial charge is 0.481 e. The van der Waals surface area contributed by atoms with Crippen molar-refractivity contribution in [3.8, 4) is 0 Å². The molecule has 0 unspecified atom stereocenters. The molecule has 9 heavy (non-hydrogen) atoms. The number of thioether (sulfide) groups is 1.